The van der Waals surface area contributed by atoms with Crippen LogP contribution in [-0.2, 0) is 6.54 Å². The maximum absolute atomic E-state index is 9.45. The second-order valence-electron chi connectivity index (χ2n) is 4.44. The second-order valence-corrected chi connectivity index (χ2v) is 6.21. The first-order valence-corrected chi connectivity index (χ1v) is 7.61. The fourth-order valence-corrected chi connectivity index (χ4v) is 2.49. The number of aromatic hydroxyl groups is 1. The van der Waals surface area contributed by atoms with E-state index in [-0.39, 0.29) is 11.8 Å². The van der Waals surface area contributed by atoms with Gasteiger partial charge in [0.1, 0.15) is 5.75 Å². The van der Waals surface area contributed by atoms with Gasteiger partial charge in [-0.3, -0.25) is 0 Å². The summed E-state index contributed by atoms with van der Waals surface area (Å²) in [5, 5.41) is 12.9. The Morgan fingerprint density at radius 2 is 1.79 bits per heavy atom. The number of nitrogens with one attached hydrogen (secondary N) is 1. The third-order valence-electron chi connectivity index (χ3n) is 2.99. The zero-order chi connectivity index (χ0) is 13.8. The van der Waals surface area contributed by atoms with Crippen LogP contribution >= 0.6 is 31.9 Å². The normalized spacial score (nSPS) is 12.4. The van der Waals surface area contributed by atoms with Gasteiger partial charge in [0, 0.05) is 17.1 Å². The van der Waals surface area contributed by atoms with Crippen LogP contribution in [0.25, 0.3) is 0 Å². The molecule has 0 aliphatic heterocycles. The number of benzene rings is 2. The molecule has 0 aliphatic rings. The van der Waals surface area contributed by atoms with Gasteiger partial charge in [0.25, 0.3) is 0 Å². The van der Waals surface area contributed by atoms with Gasteiger partial charge in [-0.05, 0) is 58.2 Å². The topological polar surface area (TPSA) is 32.3 Å². The Morgan fingerprint density at radius 1 is 1.11 bits per heavy atom. The summed E-state index contributed by atoms with van der Waals surface area (Å²) < 4.78 is 1.81. The quantitative estimate of drug-likeness (QED) is 0.795. The predicted molar refractivity (Wildman–Crippen MR) is 85.2 cm³/mol. The fraction of sp³-hybridized carbons (Fsp3) is 0.200. The lowest BCUT2D eigenvalue weighted by Gasteiger charge is -2.14. The first kappa shape index (κ1) is 14.6. The van der Waals surface area contributed by atoms with Crippen LogP contribution in [0.2, 0.25) is 0 Å². The van der Waals surface area contributed by atoms with Crippen LogP contribution in [0.15, 0.2) is 51.4 Å². The van der Waals surface area contributed by atoms with Gasteiger partial charge in [-0.2, -0.15) is 0 Å². The van der Waals surface area contributed by atoms with Crippen molar-refractivity contribution < 1.29 is 5.11 Å². The molecular weight excluding hydrogens is 370 g/mol. The summed E-state index contributed by atoms with van der Waals surface area (Å²) in [6, 6.07) is 14.1. The average Bonchev–Trinajstić information content (AvgIpc) is 2.40. The molecule has 0 aliphatic carbocycles. The van der Waals surface area contributed by atoms with E-state index in [1.54, 1.807) is 6.07 Å². The van der Waals surface area contributed by atoms with Gasteiger partial charge in [-0.15, -0.1) is 0 Å². The number of hydrogen-bond acceptors (Lipinski definition) is 2. The fourth-order valence-electron chi connectivity index (χ4n) is 1.80. The van der Waals surface area contributed by atoms with E-state index < -0.39 is 0 Å². The van der Waals surface area contributed by atoms with E-state index in [9.17, 15) is 5.11 Å². The number of phenolic OH excluding ortho intramolecular Hbond substituents is 1. The van der Waals surface area contributed by atoms with E-state index >= 15 is 0 Å². The lowest BCUT2D eigenvalue weighted by atomic mass is 10.1. The highest BCUT2D eigenvalue weighted by Crippen LogP contribution is 2.24. The van der Waals surface area contributed by atoms with Crippen LogP contribution in [0.5, 0.6) is 5.75 Å². The van der Waals surface area contributed by atoms with Crippen molar-refractivity contribution in [3.8, 4) is 5.75 Å². The van der Waals surface area contributed by atoms with Gasteiger partial charge >= 0.3 is 0 Å². The zero-order valence-electron chi connectivity index (χ0n) is 10.5. The van der Waals surface area contributed by atoms with Crippen molar-refractivity contribution in [1.29, 1.82) is 0 Å². The Hall–Kier alpha value is -0.840. The monoisotopic (exact) mass is 383 g/mol. The zero-order valence-corrected chi connectivity index (χ0v) is 13.7. The summed E-state index contributed by atoms with van der Waals surface area (Å²) >= 11 is 6.76. The Morgan fingerprint density at radius 3 is 2.42 bits per heavy atom. The SMILES string of the molecule is C[C@H](NCc1ccc(O)c(Br)c1)c1ccc(Br)cc1. The molecule has 100 valence electrons. The summed E-state index contributed by atoms with van der Waals surface area (Å²) in [6.45, 7) is 2.90. The van der Waals surface area contributed by atoms with Crippen molar-refractivity contribution in [2.75, 3.05) is 0 Å². The smallest absolute Gasteiger partial charge is 0.129 e. The highest BCUT2D eigenvalue weighted by molar-refractivity contribution is 9.10. The second kappa shape index (κ2) is 6.55. The van der Waals surface area contributed by atoms with Crippen LogP contribution in [0, 0.1) is 0 Å². The molecule has 0 unspecified atom stereocenters. The molecule has 0 saturated carbocycles. The van der Waals surface area contributed by atoms with Gasteiger partial charge in [-0.1, -0.05) is 34.1 Å². The Bertz CT molecular complexity index is 555. The minimum absolute atomic E-state index is 0.268. The standard InChI is InChI=1S/C15H15Br2NO/c1-10(12-3-5-13(16)6-4-12)18-9-11-2-7-15(19)14(17)8-11/h2-8,10,18-19H,9H2,1H3/t10-/m0/s1. The number of rotatable bonds is 4. The van der Waals surface area contributed by atoms with Gasteiger partial charge in [0.15, 0.2) is 0 Å². The van der Waals surface area contributed by atoms with E-state index in [0.717, 1.165) is 21.1 Å². The first-order valence-electron chi connectivity index (χ1n) is 6.02. The molecule has 0 heterocycles. The summed E-state index contributed by atoms with van der Waals surface area (Å²) in [5.74, 6) is 0.268. The molecule has 0 fully saturated rings. The lowest BCUT2D eigenvalue weighted by Crippen LogP contribution is -2.17. The maximum Gasteiger partial charge on any atom is 0.129 e. The van der Waals surface area contributed by atoms with E-state index in [0.29, 0.717) is 0 Å². The van der Waals surface area contributed by atoms with Crippen LogP contribution in [0.3, 0.4) is 0 Å². The first-order chi connectivity index (χ1) is 9.06. The Kier molecular flexibility index (Phi) is 5.02. The lowest BCUT2D eigenvalue weighted by molar-refractivity contribution is 0.471. The van der Waals surface area contributed by atoms with Gasteiger partial charge < -0.3 is 10.4 Å². The molecular formula is C15H15Br2NO. The Balaban J connectivity index is 1.98. The molecule has 19 heavy (non-hydrogen) atoms. The molecule has 2 aromatic carbocycles. The molecule has 2 N–H and O–H groups in total. The average molecular weight is 385 g/mol. The molecule has 2 aromatic rings. The summed E-state index contributed by atoms with van der Waals surface area (Å²) in [6.07, 6.45) is 0. The van der Waals surface area contributed by atoms with Crippen molar-refractivity contribution in [2.24, 2.45) is 0 Å². The molecule has 2 rings (SSSR count). The van der Waals surface area contributed by atoms with Crippen molar-refractivity contribution in [3.63, 3.8) is 0 Å². The van der Waals surface area contributed by atoms with E-state index in [1.807, 2.05) is 24.3 Å². The minimum Gasteiger partial charge on any atom is -0.507 e. The van der Waals surface area contributed by atoms with Crippen LogP contribution in [0.1, 0.15) is 24.1 Å². The molecule has 0 amide bonds. The summed E-state index contributed by atoms with van der Waals surface area (Å²) in [7, 11) is 0. The molecule has 4 heteroatoms. The predicted octanol–water partition coefficient (Wildman–Crippen LogP) is 4.77. The number of hydrogen-bond donors (Lipinski definition) is 2. The van der Waals surface area contributed by atoms with Gasteiger partial charge in [-0.25, -0.2) is 0 Å². The van der Waals surface area contributed by atoms with E-state index in [1.165, 1.54) is 5.56 Å². The summed E-state index contributed by atoms with van der Waals surface area (Å²) in [4.78, 5) is 0. The van der Waals surface area contributed by atoms with E-state index in [4.69, 9.17) is 0 Å². The van der Waals surface area contributed by atoms with Crippen LogP contribution in [-0.4, -0.2) is 5.11 Å². The van der Waals surface area contributed by atoms with Crippen LogP contribution in [0.4, 0.5) is 0 Å². The van der Waals surface area contributed by atoms with Crippen molar-refractivity contribution in [2.45, 2.75) is 19.5 Å². The third-order valence-corrected chi connectivity index (χ3v) is 4.16. The van der Waals surface area contributed by atoms with Crippen molar-refractivity contribution >= 4 is 31.9 Å². The highest BCUT2D eigenvalue weighted by Gasteiger charge is 2.05. The number of halogens is 2. The number of phenols is 1. The van der Waals surface area contributed by atoms with Crippen LogP contribution < -0.4 is 5.32 Å². The molecule has 1 atom stereocenters. The van der Waals surface area contributed by atoms with Crippen molar-refractivity contribution in [1.82, 2.24) is 5.32 Å². The molecule has 2 nitrogen and oxygen atoms in total. The molecule has 0 aromatic heterocycles. The largest absolute Gasteiger partial charge is 0.507 e. The summed E-state index contributed by atoms with van der Waals surface area (Å²) in [5.41, 5.74) is 2.38. The molecule has 0 radical (unpaired) electrons. The molecule has 0 spiro atoms. The van der Waals surface area contributed by atoms with Crippen molar-refractivity contribution in [3.05, 3.63) is 62.5 Å². The highest BCUT2D eigenvalue weighted by atomic mass is 79.9. The van der Waals surface area contributed by atoms with E-state index in [2.05, 4.69) is 56.2 Å². The molecule has 0 bridgehead atoms. The minimum atomic E-state index is 0.268. The maximum atomic E-state index is 9.45. The van der Waals surface area contributed by atoms with Gasteiger partial charge in [0.05, 0.1) is 4.47 Å². The molecule has 0 saturated heterocycles. The third kappa shape index (κ3) is 4.06. The Labute approximate surface area is 130 Å². The van der Waals surface area contributed by atoms with Gasteiger partial charge in [0.2, 0.25) is 0 Å².